The lowest BCUT2D eigenvalue weighted by Crippen LogP contribution is -2.44. The molecule has 176 valence electrons. The van der Waals surface area contributed by atoms with Gasteiger partial charge in [0.2, 0.25) is 5.91 Å². The van der Waals surface area contributed by atoms with Crippen LogP contribution in [0.3, 0.4) is 0 Å². The Balaban J connectivity index is 1.87. The normalized spacial score (nSPS) is 17.1. The number of methoxy groups -OCH3 is 3. The fraction of sp³-hybridized carbons (Fsp3) is 0.231. The van der Waals surface area contributed by atoms with Crippen LogP contribution < -0.4 is 19.5 Å². The molecule has 34 heavy (non-hydrogen) atoms. The van der Waals surface area contributed by atoms with E-state index >= 15 is 0 Å². The molecular weight excluding hydrogens is 456 g/mol. The number of hydrogen-bond acceptors (Lipinski definition) is 5. The van der Waals surface area contributed by atoms with E-state index in [0.717, 1.165) is 5.56 Å². The Morgan fingerprint density at radius 1 is 0.941 bits per heavy atom. The van der Waals surface area contributed by atoms with Gasteiger partial charge < -0.3 is 24.4 Å². The molecule has 0 saturated carbocycles. The Morgan fingerprint density at radius 3 is 2.24 bits per heavy atom. The van der Waals surface area contributed by atoms with Crippen molar-refractivity contribution in [1.82, 2.24) is 4.90 Å². The second-order valence-corrected chi connectivity index (χ2v) is 8.34. The van der Waals surface area contributed by atoms with Crippen LogP contribution in [0, 0.1) is 0 Å². The van der Waals surface area contributed by atoms with E-state index in [1.807, 2.05) is 24.3 Å². The molecule has 2 atom stereocenters. The highest BCUT2D eigenvalue weighted by molar-refractivity contribution is 6.30. The lowest BCUT2D eigenvalue weighted by atomic mass is 9.79. The molecule has 2 amide bonds. The lowest BCUT2D eigenvalue weighted by Gasteiger charge is -2.40. The number of benzene rings is 3. The van der Waals surface area contributed by atoms with Crippen LogP contribution in [0.4, 0.5) is 5.69 Å². The average molecular weight is 481 g/mol. The summed E-state index contributed by atoms with van der Waals surface area (Å²) >= 11 is 6.12. The van der Waals surface area contributed by atoms with Crippen molar-refractivity contribution in [3.63, 3.8) is 0 Å². The smallest absolute Gasteiger partial charge is 0.254 e. The van der Waals surface area contributed by atoms with Gasteiger partial charge in [0, 0.05) is 23.3 Å². The number of halogens is 1. The van der Waals surface area contributed by atoms with Crippen LogP contribution >= 0.6 is 11.6 Å². The molecular formula is C26H25ClN2O5. The molecule has 7 nitrogen and oxygen atoms in total. The maximum atomic E-state index is 13.8. The van der Waals surface area contributed by atoms with E-state index in [0.29, 0.717) is 39.1 Å². The van der Waals surface area contributed by atoms with Gasteiger partial charge in [-0.05, 0) is 53.6 Å². The lowest BCUT2D eigenvalue weighted by molar-refractivity contribution is -0.119. The standard InChI is InChI=1S/C26H25ClN2O5/c1-29-24(15-8-10-18(32-2)11-9-15)23(25(30)28-17-7-5-6-16(27)12-17)19-13-21(33-3)22(34-4)14-20(19)26(29)31/h5-14,23-24H,1-4H3,(H,28,30)/t23-,24-/m0/s1. The zero-order valence-corrected chi connectivity index (χ0v) is 20.1. The molecule has 0 radical (unpaired) electrons. The van der Waals surface area contributed by atoms with Gasteiger partial charge in [-0.25, -0.2) is 0 Å². The zero-order chi connectivity index (χ0) is 24.4. The van der Waals surface area contributed by atoms with Gasteiger partial charge in [0.15, 0.2) is 11.5 Å². The molecule has 4 rings (SSSR count). The predicted molar refractivity (Wildman–Crippen MR) is 130 cm³/mol. The van der Waals surface area contributed by atoms with Crippen molar-refractivity contribution < 1.29 is 23.8 Å². The highest BCUT2D eigenvalue weighted by atomic mass is 35.5. The van der Waals surface area contributed by atoms with Gasteiger partial charge >= 0.3 is 0 Å². The van der Waals surface area contributed by atoms with E-state index < -0.39 is 12.0 Å². The molecule has 3 aromatic rings. The summed E-state index contributed by atoms with van der Waals surface area (Å²) in [5.74, 6) is 0.303. The molecule has 0 spiro atoms. The minimum Gasteiger partial charge on any atom is -0.497 e. The molecule has 1 aliphatic rings. The van der Waals surface area contributed by atoms with Crippen LogP contribution in [-0.2, 0) is 4.79 Å². The molecule has 0 bridgehead atoms. The van der Waals surface area contributed by atoms with E-state index in [4.69, 9.17) is 25.8 Å². The van der Waals surface area contributed by atoms with Gasteiger partial charge in [-0.15, -0.1) is 0 Å². The summed E-state index contributed by atoms with van der Waals surface area (Å²) in [5, 5.41) is 3.47. The van der Waals surface area contributed by atoms with Crippen LogP contribution in [-0.4, -0.2) is 45.1 Å². The third-order valence-electron chi connectivity index (χ3n) is 6.01. The van der Waals surface area contributed by atoms with E-state index in [1.165, 1.54) is 14.2 Å². The maximum absolute atomic E-state index is 13.8. The number of amides is 2. The summed E-state index contributed by atoms with van der Waals surface area (Å²) in [6.45, 7) is 0. The van der Waals surface area contributed by atoms with Crippen LogP contribution in [0.15, 0.2) is 60.7 Å². The van der Waals surface area contributed by atoms with Crippen molar-refractivity contribution in [2.24, 2.45) is 0 Å². The van der Waals surface area contributed by atoms with E-state index in [1.54, 1.807) is 55.5 Å². The Hall–Kier alpha value is -3.71. The maximum Gasteiger partial charge on any atom is 0.254 e. The van der Waals surface area contributed by atoms with Crippen LogP contribution in [0.25, 0.3) is 0 Å². The van der Waals surface area contributed by atoms with E-state index in [2.05, 4.69) is 5.32 Å². The number of fused-ring (bicyclic) bond motifs is 1. The first-order valence-electron chi connectivity index (χ1n) is 10.6. The fourth-order valence-corrected chi connectivity index (χ4v) is 4.53. The number of rotatable bonds is 6. The third-order valence-corrected chi connectivity index (χ3v) is 6.24. The molecule has 0 saturated heterocycles. The summed E-state index contributed by atoms with van der Waals surface area (Å²) in [6, 6.07) is 17.0. The van der Waals surface area contributed by atoms with E-state index in [9.17, 15) is 9.59 Å². The van der Waals surface area contributed by atoms with Gasteiger partial charge in [-0.2, -0.15) is 0 Å². The summed E-state index contributed by atoms with van der Waals surface area (Å²) in [6.07, 6.45) is 0. The number of likely N-dealkylation sites (N-methyl/N-ethyl adjacent to an activating group) is 1. The van der Waals surface area contributed by atoms with Crippen molar-refractivity contribution in [3.05, 3.63) is 82.4 Å². The molecule has 1 N–H and O–H groups in total. The quantitative estimate of drug-likeness (QED) is 0.542. The Morgan fingerprint density at radius 2 is 1.62 bits per heavy atom. The van der Waals surface area contributed by atoms with Gasteiger partial charge in [0.25, 0.3) is 5.91 Å². The summed E-state index contributed by atoms with van der Waals surface area (Å²) in [5.41, 5.74) is 2.30. The monoisotopic (exact) mass is 480 g/mol. The Bertz CT molecular complexity index is 1230. The summed E-state index contributed by atoms with van der Waals surface area (Å²) in [4.78, 5) is 28.8. The number of carbonyl (C=O) groups is 2. The van der Waals surface area contributed by atoms with Gasteiger partial charge in [0.05, 0.1) is 33.3 Å². The number of hydrogen-bond donors (Lipinski definition) is 1. The van der Waals surface area contributed by atoms with Crippen molar-refractivity contribution >= 4 is 29.1 Å². The average Bonchev–Trinajstić information content (AvgIpc) is 2.85. The highest BCUT2D eigenvalue weighted by Gasteiger charge is 2.43. The summed E-state index contributed by atoms with van der Waals surface area (Å²) in [7, 11) is 6.30. The second-order valence-electron chi connectivity index (χ2n) is 7.91. The number of anilines is 1. The van der Waals surface area contributed by atoms with Crippen molar-refractivity contribution in [2.75, 3.05) is 33.7 Å². The minimum absolute atomic E-state index is 0.219. The van der Waals surface area contributed by atoms with E-state index in [-0.39, 0.29) is 11.8 Å². The number of carbonyl (C=O) groups excluding carboxylic acids is 2. The first-order valence-corrected chi connectivity index (χ1v) is 11.0. The SMILES string of the molecule is COc1ccc([C@H]2[C@@H](C(=O)Nc3cccc(Cl)c3)c3cc(OC)c(OC)cc3C(=O)N2C)cc1. The number of nitrogens with one attached hydrogen (secondary N) is 1. The summed E-state index contributed by atoms with van der Waals surface area (Å²) < 4.78 is 16.2. The fourth-order valence-electron chi connectivity index (χ4n) is 4.34. The topological polar surface area (TPSA) is 77.1 Å². The molecule has 0 aliphatic carbocycles. The van der Waals surface area contributed by atoms with Crippen molar-refractivity contribution in [2.45, 2.75) is 12.0 Å². The first-order chi connectivity index (χ1) is 16.4. The molecule has 8 heteroatoms. The largest absolute Gasteiger partial charge is 0.497 e. The second kappa shape index (κ2) is 9.65. The minimum atomic E-state index is -0.732. The molecule has 0 aromatic heterocycles. The Kier molecular flexibility index (Phi) is 6.65. The molecule has 0 fully saturated rings. The molecule has 1 aliphatic heterocycles. The number of nitrogens with zero attached hydrogens (tertiary/aromatic N) is 1. The van der Waals surface area contributed by atoms with Gasteiger partial charge in [-0.3, -0.25) is 9.59 Å². The molecule has 3 aromatic carbocycles. The van der Waals surface area contributed by atoms with Crippen molar-refractivity contribution in [1.29, 1.82) is 0 Å². The molecule has 1 heterocycles. The Labute approximate surface area is 203 Å². The van der Waals surface area contributed by atoms with Crippen molar-refractivity contribution in [3.8, 4) is 17.2 Å². The van der Waals surface area contributed by atoms with Gasteiger partial charge in [-0.1, -0.05) is 29.8 Å². The highest BCUT2D eigenvalue weighted by Crippen LogP contribution is 2.46. The third kappa shape index (κ3) is 4.26. The first kappa shape index (κ1) is 23.4. The number of ether oxygens (including phenoxy) is 3. The van der Waals surface area contributed by atoms with Crippen LogP contribution in [0.5, 0.6) is 17.2 Å². The molecule has 0 unspecified atom stereocenters. The zero-order valence-electron chi connectivity index (χ0n) is 19.3. The van der Waals surface area contributed by atoms with Crippen LogP contribution in [0.1, 0.15) is 33.4 Å². The van der Waals surface area contributed by atoms with Gasteiger partial charge in [0.1, 0.15) is 5.75 Å². The predicted octanol–water partition coefficient (Wildman–Crippen LogP) is 4.92. The van der Waals surface area contributed by atoms with Crippen LogP contribution in [0.2, 0.25) is 5.02 Å².